The summed E-state index contributed by atoms with van der Waals surface area (Å²) in [5.74, 6) is -0.212. The maximum Gasteiger partial charge on any atom is 0.311 e. The Labute approximate surface area is 217 Å². The first-order chi connectivity index (χ1) is 17.0. The molecule has 1 aromatic carbocycles. The van der Waals surface area contributed by atoms with Crippen molar-refractivity contribution in [1.82, 2.24) is 0 Å². The van der Waals surface area contributed by atoms with Crippen LogP contribution in [0.2, 0.25) is 0 Å². The molecule has 1 atom stereocenters. The first-order valence-electron chi connectivity index (χ1n) is 13.2. The molecule has 0 saturated carbocycles. The van der Waals surface area contributed by atoms with E-state index in [4.69, 9.17) is 14.6 Å². The number of carboxylic acid groups (broad SMARTS) is 1. The zero-order valence-electron chi connectivity index (χ0n) is 23.0. The molecule has 1 aromatic rings. The standard InChI is InChI=1S/C31H44O5/c1-22(2)10-7-11-23(3)12-8-13-24(4)14-9-18-31(6)19-17-26-21-27(20-25(5)30(26)36-31)35-29(34)16-15-28(32)33/h10,12,14,20-21H,7-9,11,13,15-19H2,1-6H3,(H,32,33)/b23-12+,24-14+. The van der Waals surface area contributed by atoms with E-state index in [9.17, 15) is 9.59 Å². The summed E-state index contributed by atoms with van der Waals surface area (Å²) in [7, 11) is 0. The minimum atomic E-state index is -1.01. The predicted molar refractivity (Wildman–Crippen MR) is 146 cm³/mol. The molecule has 0 aromatic heterocycles. The fourth-order valence-electron chi connectivity index (χ4n) is 4.43. The van der Waals surface area contributed by atoms with Gasteiger partial charge in [-0.15, -0.1) is 0 Å². The Morgan fingerprint density at radius 1 is 0.972 bits per heavy atom. The number of aryl methyl sites for hydroxylation is 2. The van der Waals surface area contributed by atoms with Gasteiger partial charge in [0.05, 0.1) is 12.8 Å². The SMILES string of the molecule is CC(C)=CCC/C(C)=C/CC/C(C)=C/CCC1(C)CCc2cc(OC(=O)CCC(=O)O)cc(C)c2O1. The minimum absolute atomic E-state index is 0.140. The van der Waals surface area contributed by atoms with Crippen molar-refractivity contribution in [3.63, 3.8) is 0 Å². The summed E-state index contributed by atoms with van der Waals surface area (Å²) in [6.07, 6.45) is 14.8. The second-order valence-corrected chi connectivity index (χ2v) is 10.6. The van der Waals surface area contributed by atoms with Crippen molar-refractivity contribution in [2.75, 3.05) is 0 Å². The van der Waals surface area contributed by atoms with Crippen LogP contribution in [-0.2, 0) is 16.0 Å². The summed E-state index contributed by atoms with van der Waals surface area (Å²) in [5, 5.41) is 8.74. The molecule has 2 rings (SSSR count). The van der Waals surface area contributed by atoms with Gasteiger partial charge in [-0.25, -0.2) is 0 Å². The zero-order chi connectivity index (χ0) is 26.7. The van der Waals surface area contributed by atoms with Gasteiger partial charge in [0.15, 0.2) is 0 Å². The van der Waals surface area contributed by atoms with Crippen LogP contribution in [0, 0.1) is 6.92 Å². The molecule has 36 heavy (non-hydrogen) atoms. The second kappa shape index (κ2) is 14.1. The van der Waals surface area contributed by atoms with Crippen LogP contribution in [-0.4, -0.2) is 22.6 Å². The van der Waals surface area contributed by atoms with Gasteiger partial charge in [-0.3, -0.25) is 9.59 Å². The third kappa shape index (κ3) is 10.4. The van der Waals surface area contributed by atoms with E-state index in [1.165, 1.54) is 16.7 Å². The summed E-state index contributed by atoms with van der Waals surface area (Å²) in [5.41, 5.74) is 6.01. The van der Waals surface area contributed by atoms with Gasteiger partial charge in [-0.2, -0.15) is 0 Å². The van der Waals surface area contributed by atoms with Crippen LogP contribution in [0.15, 0.2) is 47.1 Å². The molecule has 0 bridgehead atoms. The number of rotatable bonds is 13. The maximum absolute atomic E-state index is 11.9. The number of ether oxygens (including phenoxy) is 2. The van der Waals surface area contributed by atoms with E-state index in [0.29, 0.717) is 5.75 Å². The lowest BCUT2D eigenvalue weighted by atomic mass is 9.87. The molecule has 1 heterocycles. The van der Waals surface area contributed by atoms with Crippen molar-refractivity contribution in [2.24, 2.45) is 0 Å². The Morgan fingerprint density at radius 2 is 1.61 bits per heavy atom. The highest BCUT2D eigenvalue weighted by Gasteiger charge is 2.32. The first kappa shape index (κ1) is 29.4. The molecule has 0 aliphatic carbocycles. The molecule has 1 N–H and O–H groups in total. The number of fused-ring (bicyclic) bond motifs is 1. The van der Waals surface area contributed by atoms with Crippen molar-refractivity contribution < 1.29 is 24.2 Å². The van der Waals surface area contributed by atoms with E-state index < -0.39 is 11.9 Å². The van der Waals surface area contributed by atoms with Gasteiger partial charge in [0, 0.05) is 0 Å². The van der Waals surface area contributed by atoms with Crippen molar-refractivity contribution in [3.8, 4) is 11.5 Å². The molecule has 1 aliphatic heterocycles. The minimum Gasteiger partial charge on any atom is -0.487 e. The summed E-state index contributed by atoms with van der Waals surface area (Å²) >= 11 is 0. The molecule has 5 heteroatoms. The summed E-state index contributed by atoms with van der Waals surface area (Å²) in [4.78, 5) is 22.6. The van der Waals surface area contributed by atoms with E-state index in [-0.39, 0.29) is 18.4 Å². The number of carboxylic acids is 1. The average molecular weight is 497 g/mol. The van der Waals surface area contributed by atoms with Crippen molar-refractivity contribution in [1.29, 1.82) is 0 Å². The molecule has 0 radical (unpaired) electrons. The zero-order valence-corrected chi connectivity index (χ0v) is 23.0. The summed E-state index contributed by atoms with van der Waals surface area (Å²) in [6, 6.07) is 3.64. The van der Waals surface area contributed by atoms with Gasteiger partial charge < -0.3 is 14.6 Å². The number of benzene rings is 1. The highest BCUT2D eigenvalue weighted by atomic mass is 16.5. The molecular formula is C31H44O5. The summed E-state index contributed by atoms with van der Waals surface area (Å²) in [6.45, 7) is 12.9. The van der Waals surface area contributed by atoms with Crippen molar-refractivity contribution >= 4 is 11.9 Å². The van der Waals surface area contributed by atoms with Crippen LogP contribution in [0.4, 0.5) is 0 Å². The smallest absolute Gasteiger partial charge is 0.311 e. The van der Waals surface area contributed by atoms with Crippen LogP contribution in [0.3, 0.4) is 0 Å². The maximum atomic E-state index is 11.9. The lowest BCUT2D eigenvalue weighted by Crippen LogP contribution is -2.36. The van der Waals surface area contributed by atoms with Gasteiger partial charge in [0.25, 0.3) is 0 Å². The van der Waals surface area contributed by atoms with E-state index in [1.54, 1.807) is 6.07 Å². The monoisotopic (exact) mass is 496 g/mol. The van der Waals surface area contributed by atoms with Gasteiger partial charge in [-0.1, -0.05) is 34.9 Å². The second-order valence-electron chi connectivity index (χ2n) is 10.6. The topological polar surface area (TPSA) is 72.8 Å². The highest BCUT2D eigenvalue weighted by Crippen LogP contribution is 2.40. The Morgan fingerprint density at radius 3 is 2.25 bits per heavy atom. The van der Waals surface area contributed by atoms with E-state index in [0.717, 1.165) is 68.2 Å². The van der Waals surface area contributed by atoms with Crippen molar-refractivity contribution in [3.05, 3.63) is 58.2 Å². The molecule has 1 aliphatic rings. The molecule has 198 valence electrons. The summed E-state index contributed by atoms with van der Waals surface area (Å²) < 4.78 is 11.8. The molecule has 0 fully saturated rings. The Kier molecular flexibility index (Phi) is 11.5. The van der Waals surface area contributed by atoms with Crippen LogP contribution < -0.4 is 9.47 Å². The number of carbonyl (C=O) groups excluding carboxylic acids is 1. The lowest BCUT2D eigenvalue weighted by Gasteiger charge is -2.37. The number of hydrogen-bond donors (Lipinski definition) is 1. The third-order valence-electron chi connectivity index (χ3n) is 6.66. The van der Waals surface area contributed by atoms with E-state index in [1.807, 2.05) is 13.0 Å². The first-order valence-corrected chi connectivity index (χ1v) is 13.2. The molecule has 0 saturated heterocycles. The van der Waals surface area contributed by atoms with E-state index in [2.05, 4.69) is 52.8 Å². The van der Waals surface area contributed by atoms with Gasteiger partial charge in [-0.05, 0) is 116 Å². The Bertz CT molecular complexity index is 1010. The number of aliphatic carboxylic acids is 1. The number of esters is 1. The number of allylic oxidation sites excluding steroid dienone is 6. The number of hydrogen-bond acceptors (Lipinski definition) is 4. The molecular weight excluding hydrogens is 452 g/mol. The highest BCUT2D eigenvalue weighted by molar-refractivity contribution is 5.78. The fraction of sp³-hybridized carbons (Fsp3) is 0.548. The number of carbonyl (C=O) groups is 2. The largest absolute Gasteiger partial charge is 0.487 e. The lowest BCUT2D eigenvalue weighted by molar-refractivity contribution is -0.142. The fourth-order valence-corrected chi connectivity index (χ4v) is 4.43. The Hall–Kier alpha value is -2.82. The normalized spacial score (nSPS) is 17.7. The van der Waals surface area contributed by atoms with Crippen LogP contribution in [0.25, 0.3) is 0 Å². The predicted octanol–water partition coefficient (Wildman–Crippen LogP) is 8.05. The van der Waals surface area contributed by atoms with Crippen LogP contribution >= 0.6 is 0 Å². The van der Waals surface area contributed by atoms with Gasteiger partial charge in [0.2, 0.25) is 0 Å². The van der Waals surface area contributed by atoms with Gasteiger partial charge in [0.1, 0.15) is 17.1 Å². The quantitative estimate of drug-likeness (QED) is 0.170. The molecule has 0 amide bonds. The third-order valence-corrected chi connectivity index (χ3v) is 6.66. The van der Waals surface area contributed by atoms with Crippen LogP contribution in [0.1, 0.15) is 104 Å². The van der Waals surface area contributed by atoms with Crippen LogP contribution in [0.5, 0.6) is 11.5 Å². The molecule has 0 spiro atoms. The van der Waals surface area contributed by atoms with Crippen molar-refractivity contribution in [2.45, 2.75) is 111 Å². The molecule has 1 unspecified atom stereocenters. The molecule has 5 nitrogen and oxygen atoms in total. The van der Waals surface area contributed by atoms with Gasteiger partial charge >= 0.3 is 11.9 Å². The van der Waals surface area contributed by atoms with E-state index >= 15 is 0 Å². The average Bonchev–Trinajstić information content (AvgIpc) is 2.78. The Balaban J connectivity index is 1.86.